The molecule has 1 aromatic heterocycles. The molecule has 1 heterocycles. The number of hydrogen-bond donors (Lipinski definition) is 3. The quantitative estimate of drug-likeness (QED) is 0.233. The highest BCUT2D eigenvalue weighted by Gasteiger charge is 2.16. The monoisotopic (exact) mass is 478 g/mol. The van der Waals surface area contributed by atoms with Crippen LogP contribution in [0.15, 0.2) is 22.5 Å². The Hall–Kier alpha value is -0.830. The van der Waals surface area contributed by atoms with Crippen molar-refractivity contribution in [3.63, 3.8) is 0 Å². The molecule has 0 aliphatic heterocycles. The predicted octanol–water partition coefficient (Wildman–Crippen LogP) is 3.16. The molecule has 1 aliphatic carbocycles. The van der Waals surface area contributed by atoms with Crippen LogP contribution in [0.4, 0.5) is 0 Å². The van der Waals surface area contributed by atoms with Crippen molar-refractivity contribution in [1.29, 1.82) is 0 Å². The molecular weight excluding hydrogens is 447 g/mol. The average Bonchev–Trinajstić information content (AvgIpc) is 3.11. The van der Waals surface area contributed by atoms with E-state index in [0.29, 0.717) is 25.4 Å². The third kappa shape index (κ3) is 9.44. The number of nitrogens with one attached hydrogen (secondary N) is 3. The standard InChI is InChI=1S/C18H30N4OS.HI/c1-19-18(21-10-9-16-8-5-13-24-16)22-12-11-20-17(23)14-15-6-3-2-4-7-15;/h5,8,13,15H,2-4,6-7,9-12,14H2,1H3,(H,20,23)(H2,19,21,22);1H. The van der Waals surface area contributed by atoms with Crippen molar-refractivity contribution in [1.82, 2.24) is 16.0 Å². The first-order chi connectivity index (χ1) is 11.8. The summed E-state index contributed by atoms with van der Waals surface area (Å²) in [6.07, 6.45) is 8.02. The number of guanidine groups is 1. The number of thiophene rings is 1. The zero-order chi connectivity index (χ0) is 17.0. The Labute approximate surface area is 172 Å². The Balaban J connectivity index is 0.00000312. The number of carbonyl (C=O) groups excluding carboxylic acids is 1. The summed E-state index contributed by atoms with van der Waals surface area (Å²) >= 11 is 1.77. The van der Waals surface area contributed by atoms with Crippen molar-refractivity contribution >= 4 is 47.2 Å². The Morgan fingerprint density at radius 3 is 2.56 bits per heavy atom. The number of amides is 1. The second kappa shape index (κ2) is 13.4. The van der Waals surface area contributed by atoms with Gasteiger partial charge in [0.1, 0.15) is 0 Å². The van der Waals surface area contributed by atoms with Crippen LogP contribution in [0.2, 0.25) is 0 Å². The fourth-order valence-electron chi connectivity index (χ4n) is 3.09. The summed E-state index contributed by atoms with van der Waals surface area (Å²) in [5.41, 5.74) is 0. The molecule has 1 saturated carbocycles. The van der Waals surface area contributed by atoms with E-state index >= 15 is 0 Å². The molecular formula is C18H31IN4OS. The van der Waals surface area contributed by atoms with Crippen molar-refractivity contribution < 1.29 is 4.79 Å². The molecule has 25 heavy (non-hydrogen) atoms. The van der Waals surface area contributed by atoms with Gasteiger partial charge in [-0.05, 0) is 36.6 Å². The average molecular weight is 478 g/mol. The smallest absolute Gasteiger partial charge is 0.220 e. The van der Waals surface area contributed by atoms with Gasteiger partial charge in [-0.1, -0.05) is 25.3 Å². The third-order valence-corrected chi connectivity index (χ3v) is 5.34. The van der Waals surface area contributed by atoms with E-state index in [4.69, 9.17) is 0 Å². The largest absolute Gasteiger partial charge is 0.356 e. The highest BCUT2D eigenvalue weighted by Crippen LogP contribution is 2.25. The molecule has 0 bridgehead atoms. The lowest BCUT2D eigenvalue weighted by atomic mass is 9.87. The number of carbonyl (C=O) groups is 1. The van der Waals surface area contributed by atoms with Gasteiger partial charge in [0.15, 0.2) is 5.96 Å². The van der Waals surface area contributed by atoms with Gasteiger partial charge in [0.2, 0.25) is 5.91 Å². The third-order valence-electron chi connectivity index (χ3n) is 4.41. The lowest BCUT2D eigenvalue weighted by Crippen LogP contribution is -2.42. The predicted molar refractivity (Wildman–Crippen MR) is 117 cm³/mol. The number of nitrogens with zero attached hydrogens (tertiary/aromatic N) is 1. The number of rotatable bonds is 8. The highest BCUT2D eigenvalue weighted by molar-refractivity contribution is 14.0. The van der Waals surface area contributed by atoms with E-state index in [0.717, 1.165) is 18.9 Å². The first kappa shape index (κ1) is 22.2. The highest BCUT2D eigenvalue weighted by atomic mass is 127. The normalized spacial score (nSPS) is 15.3. The van der Waals surface area contributed by atoms with E-state index in [9.17, 15) is 4.79 Å². The molecule has 0 spiro atoms. The first-order valence-electron chi connectivity index (χ1n) is 9.01. The summed E-state index contributed by atoms with van der Waals surface area (Å²) in [6.45, 7) is 2.18. The molecule has 1 aliphatic rings. The van der Waals surface area contributed by atoms with E-state index in [-0.39, 0.29) is 29.9 Å². The van der Waals surface area contributed by atoms with Crippen molar-refractivity contribution in [3.05, 3.63) is 22.4 Å². The minimum atomic E-state index is 0. The van der Waals surface area contributed by atoms with E-state index in [1.165, 1.54) is 37.0 Å². The maximum atomic E-state index is 11.9. The van der Waals surface area contributed by atoms with Crippen LogP contribution in [-0.2, 0) is 11.2 Å². The molecule has 2 rings (SSSR count). The zero-order valence-corrected chi connectivity index (χ0v) is 18.2. The molecule has 5 nitrogen and oxygen atoms in total. The fraction of sp³-hybridized carbons (Fsp3) is 0.667. The molecule has 1 aromatic rings. The van der Waals surface area contributed by atoms with Crippen LogP contribution in [0, 0.1) is 5.92 Å². The number of halogens is 1. The van der Waals surface area contributed by atoms with Crippen LogP contribution in [0.25, 0.3) is 0 Å². The van der Waals surface area contributed by atoms with Crippen LogP contribution in [0.1, 0.15) is 43.4 Å². The molecule has 7 heteroatoms. The van der Waals surface area contributed by atoms with Crippen molar-refractivity contribution in [2.45, 2.75) is 44.9 Å². The van der Waals surface area contributed by atoms with Crippen LogP contribution in [0.5, 0.6) is 0 Å². The van der Waals surface area contributed by atoms with Crippen LogP contribution >= 0.6 is 35.3 Å². The minimum absolute atomic E-state index is 0. The molecule has 0 unspecified atom stereocenters. The Morgan fingerprint density at radius 2 is 1.88 bits per heavy atom. The summed E-state index contributed by atoms with van der Waals surface area (Å²) in [5.74, 6) is 1.57. The van der Waals surface area contributed by atoms with E-state index in [2.05, 4.69) is 38.5 Å². The van der Waals surface area contributed by atoms with Gasteiger partial charge in [-0.25, -0.2) is 0 Å². The summed E-state index contributed by atoms with van der Waals surface area (Å²) < 4.78 is 0. The van der Waals surface area contributed by atoms with E-state index in [1.54, 1.807) is 18.4 Å². The summed E-state index contributed by atoms with van der Waals surface area (Å²) in [6, 6.07) is 4.22. The molecule has 0 radical (unpaired) electrons. The number of aliphatic imine (C=N–C) groups is 1. The van der Waals surface area contributed by atoms with Gasteiger partial charge in [-0.2, -0.15) is 0 Å². The van der Waals surface area contributed by atoms with Gasteiger partial charge in [-0.3, -0.25) is 9.79 Å². The van der Waals surface area contributed by atoms with E-state index in [1.807, 2.05) is 0 Å². The molecule has 1 fully saturated rings. The second-order valence-corrected chi connectivity index (χ2v) is 7.35. The topological polar surface area (TPSA) is 65.5 Å². The Bertz CT molecular complexity index is 501. The number of hydrogen-bond acceptors (Lipinski definition) is 3. The molecule has 3 N–H and O–H groups in total. The van der Waals surface area contributed by atoms with Gasteiger partial charge >= 0.3 is 0 Å². The van der Waals surface area contributed by atoms with Gasteiger partial charge in [0, 0.05) is 38.0 Å². The molecule has 0 saturated heterocycles. The maximum Gasteiger partial charge on any atom is 0.220 e. The van der Waals surface area contributed by atoms with Gasteiger partial charge < -0.3 is 16.0 Å². The summed E-state index contributed by atoms with van der Waals surface area (Å²) in [5, 5.41) is 11.6. The fourth-order valence-corrected chi connectivity index (χ4v) is 3.80. The maximum absolute atomic E-state index is 11.9. The SMILES string of the molecule is CN=C(NCCNC(=O)CC1CCCCC1)NCCc1cccs1.I. The molecule has 142 valence electrons. The lowest BCUT2D eigenvalue weighted by Gasteiger charge is -2.20. The zero-order valence-electron chi connectivity index (χ0n) is 15.1. The second-order valence-electron chi connectivity index (χ2n) is 6.31. The minimum Gasteiger partial charge on any atom is -0.356 e. The molecule has 1 amide bonds. The van der Waals surface area contributed by atoms with E-state index < -0.39 is 0 Å². The van der Waals surface area contributed by atoms with Crippen LogP contribution < -0.4 is 16.0 Å². The van der Waals surface area contributed by atoms with Gasteiger partial charge in [0.25, 0.3) is 0 Å². The summed E-state index contributed by atoms with van der Waals surface area (Å²) in [7, 11) is 1.77. The molecule has 0 atom stereocenters. The van der Waals surface area contributed by atoms with Gasteiger partial charge in [0.05, 0.1) is 0 Å². The summed E-state index contributed by atoms with van der Waals surface area (Å²) in [4.78, 5) is 17.5. The first-order valence-corrected chi connectivity index (χ1v) is 9.89. The van der Waals surface area contributed by atoms with Crippen LogP contribution in [0.3, 0.4) is 0 Å². The molecule has 0 aromatic carbocycles. The lowest BCUT2D eigenvalue weighted by molar-refractivity contribution is -0.122. The van der Waals surface area contributed by atoms with Crippen molar-refractivity contribution in [2.24, 2.45) is 10.9 Å². The Kier molecular flexibility index (Phi) is 11.9. The Morgan fingerprint density at radius 1 is 1.16 bits per heavy atom. The van der Waals surface area contributed by atoms with Crippen molar-refractivity contribution in [2.75, 3.05) is 26.7 Å². The van der Waals surface area contributed by atoms with Crippen molar-refractivity contribution in [3.8, 4) is 0 Å². The van der Waals surface area contributed by atoms with Crippen LogP contribution in [-0.4, -0.2) is 38.5 Å². The van der Waals surface area contributed by atoms with Gasteiger partial charge in [-0.15, -0.1) is 35.3 Å².